The standard InChI is InChI=1S/C14H14O2S/c1-14(2,13(15)16)17-12-9-5-7-10-6-3-4-8-11(10)12/h3-9H,1-2H3,(H,15,16). The van der Waals surface area contributed by atoms with Gasteiger partial charge in [0.1, 0.15) is 4.75 Å². The first-order valence-corrected chi connectivity index (χ1v) is 6.22. The van der Waals surface area contributed by atoms with Gasteiger partial charge in [-0.2, -0.15) is 0 Å². The highest BCUT2D eigenvalue weighted by Gasteiger charge is 2.28. The molecule has 0 radical (unpaired) electrons. The molecule has 0 atom stereocenters. The van der Waals surface area contributed by atoms with Crippen LogP contribution in [0.3, 0.4) is 0 Å². The largest absolute Gasteiger partial charge is 0.480 e. The van der Waals surface area contributed by atoms with Crippen molar-refractivity contribution in [3.8, 4) is 0 Å². The minimum absolute atomic E-state index is 0.796. The number of rotatable bonds is 3. The molecule has 2 aromatic carbocycles. The molecule has 0 saturated carbocycles. The summed E-state index contributed by atoms with van der Waals surface area (Å²) in [6.45, 7) is 3.45. The number of aliphatic carboxylic acids is 1. The van der Waals surface area contributed by atoms with Crippen molar-refractivity contribution < 1.29 is 9.90 Å². The first-order valence-electron chi connectivity index (χ1n) is 5.41. The molecular formula is C14H14O2S. The average molecular weight is 246 g/mol. The molecule has 2 aromatic rings. The van der Waals surface area contributed by atoms with Gasteiger partial charge in [-0.15, -0.1) is 11.8 Å². The Balaban J connectivity index is 2.46. The molecule has 0 fully saturated rings. The van der Waals surface area contributed by atoms with Crippen molar-refractivity contribution in [3.05, 3.63) is 42.5 Å². The second kappa shape index (κ2) is 4.41. The van der Waals surface area contributed by atoms with E-state index in [1.165, 1.54) is 11.8 Å². The summed E-state index contributed by atoms with van der Waals surface area (Å²) in [5.74, 6) is -0.796. The van der Waals surface area contributed by atoms with E-state index < -0.39 is 10.7 Å². The third-order valence-electron chi connectivity index (χ3n) is 2.63. The van der Waals surface area contributed by atoms with Crippen molar-refractivity contribution in [1.29, 1.82) is 0 Å². The Labute approximate surface area is 105 Å². The van der Waals surface area contributed by atoms with Gasteiger partial charge < -0.3 is 5.11 Å². The highest BCUT2D eigenvalue weighted by molar-refractivity contribution is 8.01. The molecule has 0 aliphatic rings. The van der Waals surface area contributed by atoms with Crippen molar-refractivity contribution >= 4 is 28.5 Å². The quantitative estimate of drug-likeness (QED) is 0.837. The highest BCUT2D eigenvalue weighted by atomic mass is 32.2. The predicted octanol–water partition coefficient (Wildman–Crippen LogP) is 3.80. The molecule has 2 rings (SSSR count). The van der Waals surface area contributed by atoms with E-state index in [-0.39, 0.29) is 0 Å². The molecule has 0 aliphatic heterocycles. The van der Waals surface area contributed by atoms with E-state index in [9.17, 15) is 4.79 Å². The maximum atomic E-state index is 11.1. The first-order chi connectivity index (χ1) is 8.00. The molecule has 0 aliphatic carbocycles. The summed E-state index contributed by atoms with van der Waals surface area (Å²) >= 11 is 1.38. The van der Waals surface area contributed by atoms with Crippen LogP contribution in [0, 0.1) is 0 Å². The summed E-state index contributed by atoms with van der Waals surface area (Å²) in [6.07, 6.45) is 0. The van der Waals surface area contributed by atoms with E-state index in [2.05, 4.69) is 0 Å². The molecule has 17 heavy (non-hydrogen) atoms. The summed E-state index contributed by atoms with van der Waals surface area (Å²) in [5.41, 5.74) is 0. The number of hydrogen-bond donors (Lipinski definition) is 1. The van der Waals surface area contributed by atoms with Gasteiger partial charge in [-0.3, -0.25) is 4.79 Å². The lowest BCUT2D eigenvalue weighted by molar-refractivity contribution is -0.138. The maximum absolute atomic E-state index is 11.1. The number of benzene rings is 2. The number of carbonyl (C=O) groups is 1. The van der Waals surface area contributed by atoms with E-state index in [0.717, 1.165) is 15.7 Å². The average Bonchev–Trinajstić information content (AvgIpc) is 2.29. The summed E-state index contributed by atoms with van der Waals surface area (Å²) in [4.78, 5) is 12.2. The molecule has 0 unspecified atom stereocenters. The zero-order chi connectivity index (χ0) is 12.5. The normalized spacial score (nSPS) is 11.6. The zero-order valence-electron chi connectivity index (χ0n) is 9.81. The molecule has 0 spiro atoms. The number of thioether (sulfide) groups is 1. The molecule has 1 N–H and O–H groups in total. The van der Waals surface area contributed by atoms with Crippen molar-refractivity contribution in [1.82, 2.24) is 0 Å². The van der Waals surface area contributed by atoms with Gasteiger partial charge in [0.25, 0.3) is 0 Å². The van der Waals surface area contributed by atoms with Gasteiger partial charge >= 0.3 is 5.97 Å². The fourth-order valence-corrected chi connectivity index (χ4v) is 2.68. The van der Waals surface area contributed by atoms with Crippen molar-refractivity contribution in [2.75, 3.05) is 0 Å². The van der Waals surface area contributed by atoms with Crippen LogP contribution in [-0.2, 0) is 4.79 Å². The minimum atomic E-state index is -0.815. The number of carboxylic acid groups (broad SMARTS) is 1. The smallest absolute Gasteiger partial charge is 0.319 e. The Morgan fingerprint density at radius 1 is 1.12 bits per heavy atom. The van der Waals surface area contributed by atoms with Crippen molar-refractivity contribution in [2.45, 2.75) is 23.5 Å². The molecule has 0 bridgehead atoms. The van der Waals surface area contributed by atoms with E-state index in [4.69, 9.17) is 5.11 Å². The monoisotopic (exact) mass is 246 g/mol. The lowest BCUT2D eigenvalue weighted by Crippen LogP contribution is -2.26. The second-order valence-corrected chi connectivity index (χ2v) is 6.06. The fraction of sp³-hybridized carbons (Fsp3) is 0.214. The molecule has 3 heteroatoms. The molecule has 2 nitrogen and oxygen atoms in total. The SMILES string of the molecule is CC(C)(Sc1cccc2ccccc12)C(=O)O. The van der Waals surface area contributed by atoms with E-state index in [1.807, 2.05) is 42.5 Å². The van der Waals surface area contributed by atoms with Crippen LogP contribution >= 0.6 is 11.8 Å². The Morgan fingerprint density at radius 2 is 1.76 bits per heavy atom. The molecular weight excluding hydrogens is 232 g/mol. The van der Waals surface area contributed by atoms with Crippen LogP contribution in [-0.4, -0.2) is 15.8 Å². The Hall–Kier alpha value is -1.48. The van der Waals surface area contributed by atoms with Gasteiger partial charge in [0.2, 0.25) is 0 Å². The topological polar surface area (TPSA) is 37.3 Å². The van der Waals surface area contributed by atoms with Crippen LogP contribution in [0.5, 0.6) is 0 Å². The van der Waals surface area contributed by atoms with Gasteiger partial charge in [0.05, 0.1) is 0 Å². The number of fused-ring (bicyclic) bond motifs is 1. The summed E-state index contributed by atoms with van der Waals surface area (Å²) in [5, 5.41) is 11.4. The first kappa shape index (κ1) is 12.0. The van der Waals surface area contributed by atoms with Crippen LogP contribution in [0.25, 0.3) is 10.8 Å². The van der Waals surface area contributed by atoms with E-state index in [0.29, 0.717) is 0 Å². The zero-order valence-corrected chi connectivity index (χ0v) is 10.6. The summed E-state index contributed by atoms with van der Waals surface area (Å²) in [6, 6.07) is 14.0. The third-order valence-corrected chi connectivity index (χ3v) is 3.89. The highest BCUT2D eigenvalue weighted by Crippen LogP contribution is 2.36. The summed E-state index contributed by atoms with van der Waals surface area (Å²) in [7, 11) is 0. The molecule has 0 heterocycles. The van der Waals surface area contributed by atoms with Gasteiger partial charge in [0, 0.05) is 4.90 Å². The van der Waals surface area contributed by atoms with Crippen LogP contribution < -0.4 is 0 Å². The second-order valence-electron chi connectivity index (χ2n) is 4.39. The minimum Gasteiger partial charge on any atom is -0.480 e. The van der Waals surface area contributed by atoms with Crippen LogP contribution in [0.4, 0.5) is 0 Å². The molecule has 88 valence electrons. The molecule has 0 amide bonds. The van der Waals surface area contributed by atoms with Crippen LogP contribution in [0.15, 0.2) is 47.4 Å². The van der Waals surface area contributed by atoms with Crippen molar-refractivity contribution in [3.63, 3.8) is 0 Å². The van der Waals surface area contributed by atoms with Gasteiger partial charge in [-0.25, -0.2) is 0 Å². The predicted molar refractivity (Wildman–Crippen MR) is 71.5 cm³/mol. The Morgan fingerprint density at radius 3 is 2.47 bits per heavy atom. The fourth-order valence-electron chi connectivity index (χ4n) is 1.60. The lowest BCUT2D eigenvalue weighted by atomic mass is 10.1. The van der Waals surface area contributed by atoms with Gasteiger partial charge in [0.15, 0.2) is 0 Å². The van der Waals surface area contributed by atoms with Crippen LogP contribution in [0.2, 0.25) is 0 Å². The van der Waals surface area contributed by atoms with Gasteiger partial charge in [-0.05, 0) is 30.7 Å². The molecule has 0 aromatic heterocycles. The maximum Gasteiger partial charge on any atom is 0.319 e. The van der Waals surface area contributed by atoms with Gasteiger partial charge in [-0.1, -0.05) is 36.4 Å². The van der Waals surface area contributed by atoms with E-state index >= 15 is 0 Å². The Bertz CT molecular complexity index is 556. The third kappa shape index (κ3) is 2.44. The summed E-state index contributed by atoms with van der Waals surface area (Å²) < 4.78 is -0.815. The Kier molecular flexibility index (Phi) is 3.11. The van der Waals surface area contributed by atoms with Crippen molar-refractivity contribution in [2.24, 2.45) is 0 Å². The lowest BCUT2D eigenvalue weighted by Gasteiger charge is -2.19. The number of carboxylic acids is 1. The molecule has 0 saturated heterocycles. The number of hydrogen-bond acceptors (Lipinski definition) is 2. The van der Waals surface area contributed by atoms with E-state index in [1.54, 1.807) is 13.8 Å². The van der Waals surface area contributed by atoms with Crippen LogP contribution in [0.1, 0.15) is 13.8 Å².